The summed E-state index contributed by atoms with van der Waals surface area (Å²) in [5, 5.41) is 3.90. The Labute approximate surface area is 186 Å². The van der Waals surface area contributed by atoms with Crippen molar-refractivity contribution in [2.24, 2.45) is 0 Å². The van der Waals surface area contributed by atoms with Gasteiger partial charge in [-0.25, -0.2) is 4.98 Å². The van der Waals surface area contributed by atoms with E-state index in [-0.39, 0.29) is 5.91 Å². The molecule has 0 radical (unpaired) electrons. The molecule has 3 nitrogen and oxygen atoms in total. The minimum atomic E-state index is -0.102. The lowest BCUT2D eigenvalue weighted by atomic mass is 9.97. The number of nitrogens with one attached hydrogen (secondary N) is 1. The summed E-state index contributed by atoms with van der Waals surface area (Å²) in [6.45, 7) is 2.44. The molecule has 0 aliphatic rings. The molecular formula is C24H18Br2N2O. The first-order valence-electron chi connectivity index (χ1n) is 9.21. The predicted molar refractivity (Wildman–Crippen MR) is 125 cm³/mol. The van der Waals surface area contributed by atoms with Crippen LogP contribution in [0.15, 0.2) is 81.7 Å². The molecule has 29 heavy (non-hydrogen) atoms. The molecule has 0 bridgehead atoms. The number of aromatic nitrogens is 1. The summed E-state index contributed by atoms with van der Waals surface area (Å²) in [7, 11) is 0. The normalized spacial score (nSPS) is 10.9. The van der Waals surface area contributed by atoms with Crippen LogP contribution < -0.4 is 5.32 Å². The summed E-state index contributed by atoms with van der Waals surface area (Å²) >= 11 is 7.00. The minimum absolute atomic E-state index is 0.102. The van der Waals surface area contributed by atoms with Crippen molar-refractivity contribution in [2.45, 2.75) is 13.5 Å². The fourth-order valence-electron chi connectivity index (χ4n) is 3.38. The van der Waals surface area contributed by atoms with Gasteiger partial charge in [0.15, 0.2) is 0 Å². The Kier molecular flexibility index (Phi) is 5.79. The number of amides is 1. The number of fused-ring (bicyclic) bond motifs is 1. The summed E-state index contributed by atoms with van der Waals surface area (Å²) < 4.78 is 1.92. The number of carbonyl (C=O) groups excluding carboxylic acids is 1. The predicted octanol–water partition coefficient (Wildman–Crippen LogP) is 6.67. The molecule has 144 valence electrons. The van der Waals surface area contributed by atoms with E-state index in [0.717, 1.165) is 42.2 Å². The molecule has 5 heteroatoms. The van der Waals surface area contributed by atoms with Crippen LogP contribution in [0.1, 0.15) is 21.5 Å². The van der Waals surface area contributed by atoms with Crippen LogP contribution in [0.25, 0.3) is 22.2 Å². The zero-order chi connectivity index (χ0) is 20.4. The van der Waals surface area contributed by atoms with Crippen molar-refractivity contribution < 1.29 is 4.79 Å². The van der Waals surface area contributed by atoms with Crippen LogP contribution in [0.2, 0.25) is 0 Å². The van der Waals surface area contributed by atoms with Gasteiger partial charge in [0.25, 0.3) is 5.91 Å². The van der Waals surface area contributed by atoms with E-state index >= 15 is 0 Å². The highest BCUT2D eigenvalue weighted by molar-refractivity contribution is 9.10. The Balaban J connectivity index is 1.81. The van der Waals surface area contributed by atoms with E-state index < -0.39 is 0 Å². The first-order chi connectivity index (χ1) is 14.0. The SMILES string of the molecule is Cc1c(-c2ccc(Br)cc2)nc2ccc(Br)cc2c1C(=O)NCc1ccccc1. The Morgan fingerprint density at radius 2 is 1.62 bits per heavy atom. The van der Waals surface area contributed by atoms with Crippen molar-refractivity contribution in [2.75, 3.05) is 0 Å². The molecule has 1 aromatic heterocycles. The molecule has 0 atom stereocenters. The lowest BCUT2D eigenvalue weighted by molar-refractivity contribution is 0.0952. The van der Waals surface area contributed by atoms with Crippen LogP contribution >= 0.6 is 31.9 Å². The van der Waals surface area contributed by atoms with Crippen LogP contribution in [-0.2, 0) is 6.54 Å². The Morgan fingerprint density at radius 1 is 0.931 bits per heavy atom. The topological polar surface area (TPSA) is 42.0 Å². The van der Waals surface area contributed by atoms with E-state index in [9.17, 15) is 4.79 Å². The number of pyridine rings is 1. The molecule has 0 unspecified atom stereocenters. The molecule has 0 aliphatic carbocycles. The Hall–Kier alpha value is -2.50. The second-order valence-corrected chi connectivity index (χ2v) is 8.63. The second kappa shape index (κ2) is 8.47. The first kappa shape index (κ1) is 19.8. The van der Waals surface area contributed by atoms with Gasteiger partial charge < -0.3 is 5.32 Å². The molecule has 4 aromatic rings. The maximum absolute atomic E-state index is 13.2. The van der Waals surface area contributed by atoms with Crippen LogP contribution in [0, 0.1) is 6.92 Å². The third kappa shape index (κ3) is 4.26. The van der Waals surface area contributed by atoms with Gasteiger partial charge in [-0.2, -0.15) is 0 Å². The third-order valence-electron chi connectivity index (χ3n) is 4.83. The van der Waals surface area contributed by atoms with E-state index in [4.69, 9.17) is 4.98 Å². The molecule has 1 N–H and O–H groups in total. The fourth-order valence-corrected chi connectivity index (χ4v) is 4.00. The summed E-state index contributed by atoms with van der Waals surface area (Å²) in [5.74, 6) is -0.102. The van der Waals surface area contributed by atoms with Crippen molar-refractivity contribution in [1.82, 2.24) is 10.3 Å². The zero-order valence-electron chi connectivity index (χ0n) is 15.7. The number of nitrogens with zero attached hydrogens (tertiary/aromatic N) is 1. The lowest BCUT2D eigenvalue weighted by Crippen LogP contribution is -2.24. The average molecular weight is 510 g/mol. The zero-order valence-corrected chi connectivity index (χ0v) is 18.9. The average Bonchev–Trinajstić information content (AvgIpc) is 2.73. The van der Waals surface area contributed by atoms with Crippen molar-refractivity contribution >= 4 is 48.7 Å². The standard InChI is InChI=1S/C24H18Br2N2O/c1-15-22(24(29)27-14-16-5-3-2-4-6-16)20-13-19(26)11-12-21(20)28-23(15)17-7-9-18(25)10-8-17/h2-13H,14H2,1H3,(H,27,29). The smallest absolute Gasteiger partial charge is 0.252 e. The molecule has 1 amide bonds. The maximum atomic E-state index is 13.2. The molecule has 3 aromatic carbocycles. The quantitative estimate of drug-likeness (QED) is 0.334. The van der Waals surface area contributed by atoms with Crippen LogP contribution in [0.4, 0.5) is 0 Å². The highest BCUT2D eigenvalue weighted by Gasteiger charge is 2.19. The molecule has 0 saturated carbocycles. The number of hydrogen-bond donors (Lipinski definition) is 1. The van der Waals surface area contributed by atoms with E-state index in [1.165, 1.54) is 0 Å². The molecular weight excluding hydrogens is 492 g/mol. The number of halogens is 2. The molecule has 0 spiro atoms. The Bertz CT molecular complexity index is 1190. The molecule has 4 rings (SSSR count). The number of hydrogen-bond acceptors (Lipinski definition) is 2. The summed E-state index contributed by atoms with van der Waals surface area (Å²) in [6.07, 6.45) is 0. The third-order valence-corrected chi connectivity index (χ3v) is 5.85. The van der Waals surface area contributed by atoms with E-state index in [1.54, 1.807) is 0 Å². The second-order valence-electron chi connectivity index (χ2n) is 6.80. The van der Waals surface area contributed by atoms with Gasteiger partial charge in [0, 0.05) is 26.4 Å². The maximum Gasteiger partial charge on any atom is 0.252 e. The minimum Gasteiger partial charge on any atom is -0.348 e. The summed E-state index contributed by atoms with van der Waals surface area (Å²) in [6, 6.07) is 23.7. The van der Waals surface area contributed by atoms with Crippen LogP contribution in [0.5, 0.6) is 0 Å². The molecule has 0 aliphatic heterocycles. The highest BCUT2D eigenvalue weighted by atomic mass is 79.9. The van der Waals surface area contributed by atoms with Gasteiger partial charge in [-0.05, 0) is 48.4 Å². The van der Waals surface area contributed by atoms with Gasteiger partial charge >= 0.3 is 0 Å². The highest BCUT2D eigenvalue weighted by Crippen LogP contribution is 2.31. The van der Waals surface area contributed by atoms with Crippen LogP contribution in [0.3, 0.4) is 0 Å². The monoisotopic (exact) mass is 508 g/mol. The van der Waals surface area contributed by atoms with Crippen molar-refractivity contribution in [1.29, 1.82) is 0 Å². The Morgan fingerprint density at radius 3 is 2.34 bits per heavy atom. The summed E-state index contributed by atoms with van der Waals surface area (Å²) in [4.78, 5) is 18.1. The largest absolute Gasteiger partial charge is 0.348 e. The summed E-state index contributed by atoms with van der Waals surface area (Å²) in [5.41, 5.74) is 5.17. The van der Waals surface area contributed by atoms with Gasteiger partial charge in [0.05, 0.1) is 16.8 Å². The first-order valence-corrected chi connectivity index (χ1v) is 10.8. The molecule has 0 saturated heterocycles. The van der Waals surface area contributed by atoms with Gasteiger partial charge in [-0.15, -0.1) is 0 Å². The van der Waals surface area contributed by atoms with E-state index in [0.29, 0.717) is 12.1 Å². The number of benzene rings is 3. The van der Waals surface area contributed by atoms with Crippen molar-refractivity contribution in [3.8, 4) is 11.3 Å². The van der Waals surface area contributed by atoms with Crippen molar-refractivity contribution in [3.63, 3.8) is 0 Å². The lowest BCUT2D eigenvalue weighted by Gasteiger charge is -2.15. The van der Waals surface area contributed by atoms with Crippen LogP contribution in [-0.4, -0.2) is 10.9 Å². The van der Waals surface area contributed by atoms with Gasteiger partial charge in [0.1, 0.15) is 0 Å². The van der Waals surface area contributed by atoms with E-state index in [2.05, 4.69) is 37.2 Å². The van der Waals surface area contributed by atoms with Crippen molar-refractivity contribution in [3.05, 3.63) is 98.4 Å². The fraction of sp³-hybridized carbons (Fsp3) is 0.0833. The molecule has 1 heterocycles. The van der Waals surface area contributed by atoms with Gasteiger partial charge in [-0.3, -0.25) is 4.79 Å². The number of carbonyl (C=O) groups is 1. The van der Waals surface area contributed by atoms with Gasteiger partial charge in [0.2, 0.25) is 0 Å². The van der Waals surface area contributed by atoms with Gasteiger partial charge in [-0.1, -0.05) is 74.3 Å². The van der Waals surface area contributed by atoms with E-state index in [1.807, 2.05) is 79.7 Å². The molecule has 0 fully saturated rings. The number of rotatable bonds is 4.